The maximum atomic E-state index is 12.0. The van der Waals surface area contributed by atoms with Gasteiger partial charge in [0.25, 0.3) is 0 Å². The van der Waals surface area contributed by atoms with Gasteiger partial charge in [-0.05, 0) is 6.92 Å². The Bertz CT molecular complexity index is 627. The molecule has 2 heterocycles. The Hall–Kier alpha value is -2.76. The normalized spacial score (nSPS) is 15.3. The maximum Gasteiger partial charge on any atom is 0.242 e. The van der Waals surface area contributed by atoms with Crippen LogP contribution in [0.15, 0.2) is 22.9 Å². The highest BCUT2D eigenvalue weighted by atomic mass is 16.2. The number of hydrogen-bond acceptors (Lipinski definition) is 6. The van der Waals surface area contributed by atoms with E-state index in [9.17, 15) is 9.59 Å². The van der Waals surface area contributed by atoms with Crippen LogP contribution >= 0.6 is 0 Å². The molecule has 24 heavy (non-hydrogen) atoms. The lowest BCUT2D eigenvalue weighted by atomic mass is 10.0. The van der Waals surface area contributed by atoms with Gasteiger partial charge in [-0.2, -0.15) is 15.3 Å². The SMILES string of the molecule is C#CCCC1(CCNC(=O)C(C)NC(=O)CCn2cncn2)N=N1. The highest BCUT2D eigenvalue weighted by molar-refractivity contribution is 5.87. The van der Waals surface area contributed by atoms with E-state index < -0.39 is 11.7 Å². The Morgan fingerprint density at radius 3 is 2.79 bits per heavy atom. The second kappa shape index (κ2) is 8.19. The molecule has 1 aliphatic heterocycles. The molecule has 9 heteroatoms. The molecule has 128 valence electrons. The van der Waals surface area contributed by atoms with E-state index in [0.717, 1.165) is 0 Å². The minimum Gasteiger partial charge on any atom is -0.354 e. The van der Waals surface area contributed by atoms with E-state index in [1.165, 1.54) is 12.7 Å². The minimum atomic E-state index is -0.608. The zero-order valence-corrected chi connectivity index (χ0v) is 13.6. The summed E-state index contributed by atoms with van der Waals surface area (Å²) in [7, 11) is 0. The number of aromatic nitrogens is 3. The average Bonchev–Trinajstić information content (AvgIpc) is 3.13. The summed E-state index contributed by atoms with van der Waals surface area (Å²) in [6, 6.07) is -0.608. The summed E-state index contributed by atoms with van der Waals surface area (Å²) in [5, 5.41) is 17.4. The Kier molecular flexibility index (Phi) is 6.01. The van der Waals surface area contributed by atoms with Gasteiger partial charge in [-0.1, -0.05) is 0 Å². The van der Waals surface area contributed by atoms with Crippen molar-refractivity contribution in [1.82, 2.24) is 25.4 Å². The summed E-state index contributed by atoms with van der Waals surface area (Å²) in [5.74, 6) is 2.10. The summed E-state index contributed by atoms with van der Waals surface area (Å²) >= 11 is 0. The van der Waals surface area contributed by atoms with Crippen molar-refractivity contribution in [2.24, 2.45) is 10.2 Å². The lowest BCUT2D eigenvalue weighted by Gasteiger charge is -2.15. The molecule has 0 saturated carbocycles. The maximum absolute atomic E-state index is 12.0. The third kappa shape index (κ3) is 5.46. The van der Waals surface area contributed by atoms with Crippen molar-refractivity contribution in [2.45, 2.75) is 50.9 Å². The summed E-state index contributed by atoms with van der Waals surface area (Å²) < 4.78 is 1.56. The van der Waals surface area contributed by atoms with E-state index in [1.54, 1.807) is 11.6 Å². The Morgan fingerprint density at radius 1 is 1.38 bits per heavy atom. The van der Waals surface area contributed by atoms with Crippen molar-refractivity contribution in [3.8, 4) is 12.3 Å². The first-order chi connectivity index (χ1) is 11.5. The van der Waals surface area contributed by atoms with Crippen LogP contribution in [0.3, 0.4) is 0 Å². The van der Waals surface area contributed by atoms with Crippen molar-refractivity contribution in [3.63, 3.8) is 0 Å². The first-order valence-electron chi connectivity index (χ1n) is 7.82. The molecular weight excluding hydrogens is 310 g/mol. The smallest absolute Gasteiger partial charge is 0.242 e. The van der Waals surface area contributed by atoms with Gasteiger partial charge in [-0.25, -0.2) is 4.98 Å². The van der Waals surface area contributed by atoms with E-state index in [-0.39, 0.29) is 18.2 Å². The number of rotatable bonds is 10. The fourth-order valence-corrected chi connectivity index (χ4v) is 2.15. The molecule has 9 nitrogen and oxygen atoms in total. The van der Waals surface area contributed by atoms with Crippen LogP contribution in [0.2, 0.25) is 0 Å². The minimum absolute atomic E-state index is 0.217. The largest absolute Gasteiger partial charge is 0.354 e. The molecule has 1 aromatic rings. The van der Waals surface area contributed by atoms with Crippen LogP contribution in [0.5, 0.6) is 0 Å². The van der Waals surface area contributed by atoms with Crippen LogP contribution in [-0.2, 0) is 16.1 Å². The van der Waals surface area contributed by atoms with Gasteiger partial charge in [-0.3, -0.25) is 14.3 Å². The zero-order chi connectivity index (χ0) is 17.4. The monoisotopic (exact) mass is 331 g/mol. The van der Waals surface area contributed by atoms with E-state index in [4.69, 9.17) is 6.42 Å². The lowest BCUT2D eigenvalue weighted by Crippen LogP contribution is -2.45. The van der Waals surface area contributed by atoms with Crippen molar-refractivity contribution < 1.29 is 9.59 Å². The summed E-state index contributed by atoms with van der Waals surface area (Å²) in [5.41, 5.74) is -0.413. The van der Waals surface area contributed by atoms with E-state index in [2.05, 4.69) is 36.9 Å². The van der Waals surface area contributed by atoms with Crippen LogP contribution in [0.4, 0.5) is 0 Å². The van der Waals surface area contributed by atoms with Gasteiger partial charge in [0, 0.05) is 32.2 Å². The molecule has 0 saturated heterocycles. The quantitative estimate of drug-likeness (QED) is 0.598. The molecule has 0 aromatic carbocycles. The van der Waals surface area contributed by atoms with Crippen LogP contribution < -0.4 is 10.6 Å². The fourth-order valence-electron chi connectivity index (χ4n) is 2.15. The first-order valence-corrected chi connectivity index (χ1v) is 7.82. The molecule has 2 rings (SSSR count). The number of carbonyl (C=O) groups is 2. The number of nitrogens with zero attached hydrogens (tertiary/aromatic N) is 5. The summed E-state index contributed by atoms with van der Waals surface area (Å²) in [6.45, 7) is 2.50. The van der Waals surface area contributed by atoms with Crippen molar-refractivity contribution >= 4 is 11.8 Å². The average molecular weight is 331 g/mol. The topological polar surface area (TPSA) is 114 Å². The van der Waals surface area contributed by atoms with E-state index >= 15 is 0 Å². The van der Waals surface area contributed by atoms with Crippen molar-refractivity contribution in [3.05, 3.63) is 12.7 Å². The predicted molar refractivity (Wildman–Crippen MR) is 85.5 cm³/mol. The predicted octanol–water partition coefficient (Wildman–Crippen LogP) is 0.255. The Balaban J connectivity index is 1.61. The zero-order valence-electron chi connectivity index (χ0n) is 13.6. The number of aryl methyl sites for hydroxylation is 1. The summed E-state index contributed by atoms with van der Waals surface area (Å²) in [6.07, 6.45) is 10.3. The molecule has 1 aromatic heterocycles. The molecule has 0 fully saturated rings. The molecule has 1 aliphatic rings. The molecular formula is C15H21N7O2. The number of nitrogens with one attached hydrogen (secondary N) is 2. The number of hydrogen-bond donors (Lipinski definition) is 2. The molecule has 0 bridgehead atoms. The third-order valence-corrected chi connectivity index (χ3v) is 3.68. The third-order valence-electron chi connectivity index (χ3n) is 3.68. The second-order valence-electron chi connectivity index (χ2n) is 5.63. The van der Waals surface area contributed by atoms with Crippen LogP contribution in [0.1, 0.15) is 32.6 Å². The molecule has 1 atom stereocenters. The second-order valence-corrected chi connectivity index (χ2v) is 5.63. The highest BCUT2D eigenvalue weighted by Crippen LogP contribution is 2.35. The molecule has 0 spiro atoms. The van der Waals surface area contributed by atoms with Crippen molar-refractivity contribution in [2.75, 3.05) is 6.54 Å². The molecule has 2 amide bonds. The molecule has 1 unspecified atom stereocenters. The van der Waals surface area contributed by atoms with Crippen molar-refractivity contribution in [1.29, 1.82) is 0 Å². The standard InChI is InChI=1S/C15H21N7O2/c1-3-4-6-15(20-21-15)7-8-17-14(24)12(2)19-13(23)5-9-22-11-16-10-18-22/h1,10-12H,4-9H2,2H3,(H,17,24)(H,19,23). The molecule has 2 N–H and O–H groups in total. The van der Waals surface area contributed by atoms with E-state index in [0.29, 0.717) is 32.4 Å². The van der Waals surface area contributed by atoms with Gasteiger partial charge in [0.1, 0.15) is 18.7 Å². The lowest BCUT2D eigenvalue weighted by molar-refractivity contribution is -0.128. The number of carbonyl (C=O) groups excluding carboxylic acids is 2. The van der Waals surface area contributed by atoms with Gasteiger partial charge in [0.05, 0.1) is 6.54 Å². The Morgan fingerprint density at radius 2 is 2.17 bits per heavy atom. The Labute approximate surface area is 140 Å². The first kappa shape index (κ1) is 17.6. The van der Waals surface area contributed by atoms with Crippen LogP contribution in [-0.4, -0.2) is 44.8 Å². The van der Waals surface area contributed by atoms with Gasteiger partial charge in [-0.15, -0.1) is 12.3 Å². The van der Waals surface area contributed by atoms with Crippen LogP contribution in [0, 0.1) is 12.3 Å². The van der Waals surface area contributed by atoms with E-state index in [1.807, 2.05) is 0 Å². The highest BCUT2D eigenvalue weighted by Gasteiger charge is 2.38. The van der Waals surface area contributed by atoms with Gasteiger partial charge in [0.2, 0.25) is 11.8 Å². The van der Waals surface area contributed by atoms with Gasteiger partial charge < -0.3 is 10.6 Å². The fraction of sp³-hybridized carbons (Fsp3) is 0.600. The summed E-state index contributed by atoms with van der Waals surface area (Å²) in [4.78, 5) is 27.6. The number of terminal acetylenes is 1. The van der Waals surface area contributed by atoms with Crippen LogP contribution in [0.25, 0.3) is 0 Å². The molecule has 0 radical (unpaired) electrons. The van der Waals surface area contributed by atoms with Gasteiger partial charge in [0.15, 0.2) is 5.66 Å². The molecule has 0 aliphatic carbocycles. The number of amides is 2. The van der Waals surface area contributed by atoms with Gasteiger partial charge >= 0.3 is 0 Å².